The van der Waals surface area contributed by atoms with E-state index in [-0.39, 0.29) is 6.61 Å². The fraction of sp³-hybridized carbons (Fsp3) is 0.333. The van der Waals surface area contributed by atoms with Gasteiger partial charge in [0.25, 0.3) is 0 Å². The molecule has 1 aliphatic rings. The highest BCUT2D eigenvalue weighted by Gasteiger charge is 2.29. The molecule has 0 atom stereocenters. The lowest BCUT2D eigenvalue weighted by molar-refractivity contribution is 0.165. The predicted molar refractivity (Wildman–Crippen MR) is 50.6 cm³/mol. The Morgan fingerprint density at radius 2 is 1.85 bits per heavy atom. The summed E-state index contributed by atoms with van der Waals surface area (Å²) in [5.74, 6) is 0. The van der Waals surface area contributed by atoms with Gasteiger partial charge in [-0.05, 0) is 18.4 Å². The lowest BCUT2D eigenvalue weighted by Crippen LogP contribution is -2.21. The van der Waals surface area contributed by atoms with Crippen molar-refractivity contribution in [1.82, 2.24) is 0 Å². The third kappa shape index (κ3) is 1.36. The van der Waals surface area contributed by atoms with Crippen LogP contribution in [0.5, 0.6) is 0 Å². The Balaban J connectivity index is 2.62. The van der Waals surface area contributed by atoms with E-state index in [0.29, 0.717) is 0 Å². The first-order chi connectivity index (χ1) is 6.29. The minimum Gasteiger partial charge on any atom is -0.240 e. The Labute approximate surface area is 80.2 Å². The zero-order valence-electron chi connectivity index (χ0n) is 7.23. The van der Waals surface area contributed by atoms with Crippen LogP contribution < -0.4 is 10.7 Å². The zero-order valence-corrected chi connectivity index (χ0v) is 8.04. The molecule has 0 fully saturated rings. The van der Waals surface area contributed by atoms with E-state index in [1.807, 2.05) is 30.5 Å². The molecule has 13 heavy (non-hydrogen) atoms. The van der Waals surface area contributed by atoms with Crippen LogP contribution in [0.3, 0.4) is 0 Å². The van der Waals surface area contributed by atoms with Crippen molar-refractivity contribution in [3.8, 4) is 0 Å². The molecule has 0 spiro atoms. The number of hydrogen-bond acceptors (Lipinski definition) is 3. The van der Waals surface area contributed by atoms with Gasteiger partial charge in [-0.25, -0.2) is 15.1 Å². The van der Waals surface area contributed by atoms with Crippen LogP contribution in [0.15, 0.2) is 34.3 Å². The molecular formula is C9H9N2OS. The predicted octanol–water partition coefficient (Wildman–Crippen LogP) is 0.387. The molecule has 1 aromatic carbocycles. The highest BCUT2D eigenvalue weighted by atomic mass is 32.2. The van der Waals surface area contributed by atoms with E-state index in [4.69, 9.17) is 0 Å². The number of para-hydroxylation sites is 2. The Hall–Kier alpha value is -0.870. The van der Waals surface area contributed by atoms with Crippen LogP contribution >= 0.6 is 11.8 Å². The minimum absolute atomic E-state index is 0.303. The van der Waals surface area contributed by atoms with E-state index >= 15 is 0 Å². The topological polar surface area (TPSA) is 44.6 Å². The van der Waals surface area contributed by atoms with Gasteiger partial charge in [0.15, 0.2) is 0 Å². The normalized spacial score (nSPS) is 17.4. The van der Waals surface area contributed by atoms with Crippen molar-refractivity contribution in [2.24, 2.45) is 9.98 Å². The van der Waals surface area contributed by atoms with Crippen LogP contribution in [0.1, 0.15) is 0 Å². The number of hydrogen-bond donors (Lipinski definition) is 0. The summed E-state index contributed by atoms with van der Waals surface area (Å²) in [7, 11) is 0. The molecule has 0 N–H and O–H groups in total. The maximum absolute atomic E-state index is 10.9. The second-order valence-corrected chi connectivity index (χ2v) is 3.87. The van der Waals surface area contributed by atoms with Gasteiger partial charge in [-0.3, -0.25) is 0 Å². The van der Waals surface area contributed by atoms with E-state index in [9.17, 15) is 5.11 Å². The second kappa shape index (κ2) is 3.12. The molecule has 0 unspecified atom stereocenters. The van der Waals surface area contributed by atoms with Gasteiger partial charge >= 0.3 is 0 Å². The lowest BCUT2D eigenvalue weighted by atomic mass is 10.3. The molecule has 0 saturated carbocycles. The molecule has 1 aliphatic heterocycles. The highest BCUT2D eigenvalue weighted by molar-refractivity contribution is 7.99. The minimum atomic E-state index is -0.802. The summed E-state index contributed by atoms with van der Waals surface area (Å²) < 4.78 is 0. The van der Waals surface area contributed by atoms with Crippen molar-refractivity contribution in [3.63, 3.8) is 0 Å². The average molecular weight is 193 g/mol. The highest BCUT2D eigenvalue weighted by Crippen LogP contribution is 2.25. The van der Waals surface area contributed by atoms with E-state index in [1.165, 1.54) is 11.8 Å². The van der Waals surface area contributed by atoms with Crippen LogP contribution in [0.4, 0.5) is 0 Å². The maximum Gasteiger partial charge on any atom is 0.224 e. The van der Waals surface area contributed by atoms with Crippen LogP contribution in [0.25, 0.3) is 0 Å². The zero-order chi connectivity index (χ0) is 9.31. The Morgan fingerprint density at radius 3 is 2.23 bits per heavy atom. The van der Waals surface area contributed by atoms with E-state index in [0.717, 1.165) is 10.7 Å². The van der Waals surface area contributed by atoms with Crippen molar-refractivity contribution in [1.29, 1.82) is 0 Å². The van der Waals surface area contributed by atoms with Crippen molar-refractivity contribution < 1.29 is 5.11 Å². The third-order valence-electron chi connectivity index (χ3n) is 1.99. The monoisotopic (exact) mass is 193 g/mol. The second-order valence-electron chi connectivity index (χ2n) is 2.80. The largest absolute Gasteiger partial charge is 0.240 e. The smallest absolute Gasteiger partial charge is 0.224 e. The van der Waals surface area contributed by atoms with E-state index < -0.39 is 4.99 Å². The molecule has 4 heteroatoms. The molecule has 0 saturated heterocycles. The summed E-state index contributed by atoms with van der Waals surface area (Å²) in [6, 6.07) is 7.57. The summed E-state index contributed by atoms with van der Waals surface area (Å²) in [5.41, 5.74) is 0. The van der Waals surface area contributed by atoms with Crippen LogP contribution in [0, 0.1) is 0 Å². The SMILES string of the molecule is CSC1(C[O])N=c2ccccc2=N1. The third-order valence-corrected chi connectivity index (χ3v) is 2.94. The average Bonchev–Trinajstić information content (AvgIpc) is 2.57. The molecule has 1 heterocycles. The summed E-state index contributed by atoms with van der Waals surface area (Å²) in [6.45, 7) is -0.303. The van der Waals surface area contributed by atoms with Crippen LogP contribution in [-0.2, 0) is 5.11 Å². The molecule has 67 valence electrons. The standard InChI is InChI=1S/C9H9N2OS/c1-13-9(6-12)10-7-4-2-3-5-8(7)11-9/h2-5H,6H2,1H3. The molecule has 3 nitrogen and oxygen atoms in total. The molecule has 0 bridgehead atoms. The van der Waals surface area contributed by atoms with Crippen molar-refractivity contribution >= 4 is 11.8 Å². The lowest BCUT2D eigenvalue weighted by Gasteiger charge is -2.14. The first-order valence-electron chi connectivity index (χ1n) is 3.98. The van der Waals surface area contributed by atoms with Gasteiger partial charge in [-0.15, -0.1) is 11.8 Å². The van der Waals surface area contributed by atoms with Gasteiger partial charge in [0.1, 0.15) is 6.61 Å². The number of nitrogens with zero attached hydrogens (tertiary/aromatic N) is 2. The Morgan fingerprint density at radius 1 is 1.31 bits per heavy atom. The maximum atomic E-state index is 10.9. The molecule has 1 radical (unpaired) electrons. The van der Waals surface area contributed by atoms with Gasteiger partial charge in [0.05, 0.1) is 10.7 Å². The first-order valence-corrected chi connectivity index (χ1v) is 5.20. The molecule has 2 rings (SSSR count). The molecular weight excluding hydrogens is 184 g/mol. The molecule has 1 aromatic rings. The van der Waals surface area contributed by atoms with Crippen LogP contribution in [-0.4, -0.2) is 17.9 Å². The van der Waals surface area contributed by atoms with Gasteiger partial charge in [-0.1, -0.05) is 12.1 Å². The summed E-state index contributed by atoms with van der Waals surface area (Å²) in [6.07, 6.45) is 1.86. The van der Waals surface area contributed by atoms with Gasteiger partial charge in [-0.2, -0.15) is 0 Å². The van der Waals surface area contributed by atoms with Crippen molar-refractivity contribution in [3.05, 3.63) is 35.0 Å². The molecule has 0 aliphatic carbocycles. The first kappa shape index (κ1) is 8.72. The number of rotatable bonds is 2. The number of benzene rings is 1. The van der Waals surface area contributed by atoms with Gasteiger partial charge < -0.3 is 0 Å². The van der Waals surface area contributed by atoms with Crippen LogP contribution in [0.2, 0.25) is 0 Å². The Kier molecular flexibility index (Phi) is 2.09. The number of thioether (sulfide) groups is 1. The summed E-state index contributed by atoms with van der Waals surface area (Å²) in [5, 5.41) is 12.6. The van der Waals surface area contributed by atoms with Gasteiger partial charge in [0.2, 0.25) is 4.99 Å². The number of fused-ring (bicyclic) bond motifs is 1. The van der Waals surface area contributed by atoms with Gasteiger partial charge in [0, 0.05) is 0 Å². The molecule has 0 amide bonds. The van der Waals surface area contributed by atoms with E-state index in [1.54, 1.807) is 0 Å². The fourth-order valence-corrected chi connectivity index (χ4v) is 1.77. The van der Waals surface area contributed by atoms with E-state index in [2.05, 4.69) is 9.98 Å². The summed E-state index contributed by atoms with van der Waals surface area (Å²) >= 11 is 1.39. The Bertz CT molecular complexity index is 388. The fourth-order valence-electron chi connectivity index (χ4n) is 1.27. The van der Waals surface area contributed by atoms with Crippen molar-refractivity contribution in [2.75, 3.05) is 12.9 Å². The molecule has 0 aromatic heterocycles. The quantitative estimate of drug-likeness (QED) is 0.670. The summed E-state index contributed by atoms with van der Waals surface area (Å²) in [4.78, 5) is 7.81. The van der Waals surface area contributed by atoms with Crippen molar-refractivity contribution in [2.45, 2.75) is 4.99 Å².